The van der Waals surface area contributed by atoms with E-state index in [0.717, 1.165) is 16.5 Å². The fourth-order valence-corrected chi connectivity index (χ4v) is 4.01. The minimum absolute atomic E-state index is 0.0904. The molecule has 152 valence electrons. The van der Waals surface area contributed by atoms with Crippen LogP contribution in [0.15, 0.2) is 42.6 Å². The van der Waals surface area contributed by atoms with Crippen molar-refractivity contribution in [3.8, 4) is 11.5 Å². The summed E-state index contributed by atoms with van der Waals surface area (Å²) in [6.45, 7) is -0.235. The van der Waals surface area contributed by atoms with E-state index in [1.54, 1.807) is 30.3 Å². The Morgan fingerprint density at radius 3 is 2.67 bits per heavy atom. The van der Waals surface area contributed by atoms with Crippen molar-refractivity contribution in [3.05, 3.63) is 53.7 Å². The molecule has 0 saturated heterocycles. The Hall–Kier alpha value is -3.92. The predicted octanol–water partition coefficient (Wildman–Crippen LogP) is 2.11. The fraction of sp³-hybridized carbons (Fsp3) is 0.100. The first-order valence-electron chi connectivity index (χ1n) is 8.83. The largest absolute Gasteiger partial charge is 0.454 e. The number of carbonyl (C=O) groups is 2. The molecule has 9 nitrogen and oxygen atoms in total. The van der Waals surface area contributed by atoms with Gasteiger partial charge < -0.3 is 26.4 Å². The molecule has 0 aliphatic carbocycles. The lowest BCUT2D eigenvalue weighted by atomic mass is 10.1. The molecule has 1 aliphatic heterocycles. The molecule has 5 N–H and O–H groups in total. The molecule has 0 fully saturated rings. The van der Waals surface area contributed by atoms with E-state index in [-0.39, 0.29) is 13.3 Å². The third-order valence-electron chi connectivity index (χ3n) is 4.46. The molecule has 10 heteroatoms. The highest BCUT2D eigenvalue weighted by molar-refractivity contribution is 7.22. The smallest absolute Gasteiger partial charge is 0.260 e. The maximum Gasteiger partial charge on any atom is 0.260 e. The molecule has 2 aromatic carbocycles. The van der Waals surface area contributed by atoms with Gasteiger partial charge in [-0.15, -0.1) is 0 Å². The van der Waals surface area contributed by atoms with Crippen LogP contribution in [-0.2, 0) is 4.79 Å². The van der Waals surface area contributed by atoms with Gasteiger partial charge in [0.1, 0.15) is 6.54 Å². The normalized spacial score (nSPS) is 12.7. The zero-order chi connectivity index (χ0) is 21.3. The Labute approximate surface area is 175 Å². The molecule has 2 amide bonds. The molecule has 30 heavy (non-hydrogen) atoms. The molecule has 0 radical (unpaired) electrons. The van der Waals surface area contributed by atoms with Crippen molar-refractivity contribution >= 4 is 50.3 Å². The quantitative estimate of drug-likeness (QED) is 0.518. The summed E-state index contributed by atoms with van der Waals surface area (Å²) >= 11 is 1.24. The van der Waals surface area contributed by atoms with Crippen molar-refractivity contribution in [2.75, 3.05) is 18.2 Å². The van der Waals surface area contributed by atoms with E-state index in [1.807, 2.05) is 6.07 Å². The van der Waals surface area contributed by atoms with Crippen LogP contribution in [0.5, 0.6) is 11.5 Å². The van der Waals surface area contributed by atoms with Gasteiger partial charge in [0, 0.05) is 23.6 Å². The van der Waals surface area contributed by atoms with Crippen LogP contribution in [0.1, 0.15) is 15.9 Å². The summed E-state index contributed by atoms with van der Waals surface area (Å²) in [5.74, 6) is -0.0911. The Morgan fingerprint density at radius 2 is 1.93 bits per heavy atom. The van der Waals surface area contributed by atoms with Gasteiger partial charge in [0.05, 0.1) is 10.2 Å². The van der Waals surface area contributed by atoms with Crippen molar-refractivity contribution in [2.45, 2.75) is 0 Å². The van der Waals surface area contributed by atoms with Crippen molar-refractivity contribution in [2.24, 2.45) is 11.5 Å². The van der Waals surface area contributed by atoms with Crippen LogP contribution in [0.2, 0.25) is 0 Å². The van der Waals surface area contributed by atoms with Crippen molar-refractivity contribution in [1.82, 2.24) is 4.98 Å². The number of aromatic nitrogens is 1. The number of hydrogen-bond donors (Lipinski definition) is 3. The van der Waals surface area contributed by atoms with Gasteiger partial charge in [0.2, 0.25) is 12.7 Å². The number of amides is 2. The molecular weight excluding hydrogens is 406 g/mol. The lowest BCUT2D eigenvalue weighted by Crippen LogP contribution is -2.38. The number of primary amides is 1. The van der Waals surface area contributed by atoms with Crippen molar-refractivity contribution in [3.63, 3.8) is 0 Å². The first-order chi connectivity index (χ1) is 14.5. The standard InChI is InChI=1S/C20H17N5O4S/c21-7-13(8-22)11-1-3-14-17(6-11)30-20(24-14)25(9-18(23)26)19(27)12-2-4-15-16(5-12)29-10-28-15/h1-8,21H,9-10,22H2,(H2,23,26)/b13-8+,21-7?. The van der Waals surface area contributed by atoms with Crippen LogP contribution in [0.4, 0.5) is 5.13 Å². The maximum atomic E-state index is 13.2. The number of nitrogens with one attached hydrogen (secondary N) is 1. The summed E-state index contributed by atoms with van der Waals surface area (Å²) in [7, 11) is 0. The van der Waals surface area contributed by atoms with Crippen LogP contribution in [-0.4, -0.2) is 36.4 Å². The molecule has 0 spiro atoms. The fourth-order valence-electron chi connectivity index (χ4n) is 3.00. The Kier molecular flexibility index (Phi) is 5.07. The number of ether oxygens (including phenoxy) is 2. The summed E-state index contributed by atoms with van der Waals surface area (Å²) in [6, 6.07) is 10.2. The minimum atomic E-state index is -0.666. The van der Waals surface area contributed by atoms with E-state index < -0.39 is 11.8 Å². The van der Waals surface area contributed by atoms with Crippen LogP contribution in [0.25, 0.3) is 15.8 Å². The topological polar surface area (TPSA) is 145 Å². The highest BCUT2D eigenvalue weighted by Gasteiger charge is 2.25. The maximum absolute atomic E-state index is 13.2. The molecule has 0 bridgehead atoms. The number of hydrogen-bond acceptors (Lipinski definition) is 8. The van der Waals surface area contributed by atoms with Crippen LogP contribution >= 0.6 is 11.3 Å². The van der Waals surface area contributed by atoms with Crippen LogP contribution in [0.3, 0.4) is 0 Å². The number of fused-ring (bicyclic) bond motifs is 2. The average molecular weight is 423 g/mol. The third-order valence-corrected chi connectivity index (χ3v) is 5.50. The summed E-state index contributed by atoms with van der Waals surface area (Å²) in [5, 5.41) is 7.78. The number of nitrogens with zero attached hydrogens (tertiary/aromatic N) is 2. The molecule has 1 aliphatic rings. The van der Waals surface area contributed by atoms with Gasteiger partial charge in [-0.3, -0.25) is 14.5 Å². The lowest BCUT2D eigenvalue weighted by Gasteiger charge is -2.18. The van der Waals surface area contributed by atoms with Crippen molar-refractivity contribution in [1.29, 1.82) is 5.41 Å². The summed E-state index contributed by atoms with van der Waals surface area (Å²) in [6.07, 6.45) is 2.50. The Bertz CT molecular complexity index is 1200. The summed E-state index contributed by atoms with van der Waals surface area (Å²) in [5.41, 5.74) is 13.2. The molecule has 3 aromatic rings. The molecule has 4 rings (SSSR count). The third kappa shape index (κ3) is 3.55. The molecule has 0 saturated carbocycles. The lowest BCUT2D eigenvalue weighted by molar-refractivity contribution is -0.116. The second kappa shape index (κ2) is 7.84. The number of allylic oxidation sites excluding steroid dienone is 1. The number of nitrogens with two attached hydrogens (primary N) is 2. The van der Waals surface area contributed by atoms with Gasteiger partial charge in [0.15, 0.2) is 16.6 Å². The number of rotatable bonds is 6. The molecule has 2 heterocycles. The van der Waals surface area contributed by atoms with E-state index in [4.69, 9.17) is 26.4 Å². The van der Waals surface area contributed by atoms with E-state index in [9.17, 15) is 9.59 Å². The molecule has 0 unspecified atom stereocenters. The van der Waals surface area contributed by atoms with E-state index in [2.05, 4.69) is 4.98 Å². The van der Waals surface area contributed by atoms with Crippen LogP contribution in [0, 0.1) is 5.41 Å². The molecular formula is C20H17N5O4S. The SMILES string of the molecule is N=C/C(=C\N)c1ccc2nc(N(CC(N)=O)C(=O)c3ccc4c(c3)OCO4)sc2c1. The monoisotopic (exact) mass is 423 g/mol. The zero-order valence-corrected chi connectivity index (χ0v) is 16.4. The van der Waals surface area contributed by atoms with Gasteiger partial charge in [-0.2, -0.15) is 0 Å². The predicted molar refractivity (Wildman–Crippen MR) is 114 cm³/mol. The van der Waals surface area contributed by atoms with Crippen LogP contribution < -0.4 is 25.8 Å². The second-order valence-corrected chi connectivity index (χ2v) is 7.38. The number of thiazole rings is 1. The van der Waals surface area contributed by atoms with Crippen molar-refractivity contribution < 1.29 is 19.1 Å². The highest BCUT2D eigenvalue weighted by Crippen LogP contribution is 2.35. The summed E-state index contributed by atoms with van der Waals surface area (Å²) < 4.78 is 11.4. The van der Waals surface area contributed by atoms with Gasteiger partial charge in [-0.1, -0.05) is 17.4 Å². The first kappa shape index (κ1) is 19.4. The first-order valence-corrected chi connectivity index (χ1v) is 9.65. The number of anilines is 1. The second-order valence-electron chi connectivity index (χ2n) is 6.37. The minimum Gasteiger partial charge on any atom is -0.454 e. The van der Waals surface area contributed by atoms with E-state index in [1.165, 1.54) is 22.4 Å². The van der Waals surface area contributed by atoms with Gasteiger partial charge in [-0.05, 0) is 35.9 Å². The molecule has 1 aromatic heterocycles. The Morgan fingerprint density at radius 1 is 1.17 bits per heavy atom. The highest BCUT2D eigenvalue weighted by atomic mass is 32.1. The number of carbonyl (C=O) groups excluding carboxylic acids is 2. The van der Waals surface area contributed by atoms with Gasteiger partial charge in [0.25, 0.3) is 5.91 Å². The van der Waals surface area contributed by atoms with Gasteiger partial charge >= 0.3 is 0 Å². The van der Waals surface area contributed by atoms with E-state index in [0.29, 0.717) is 33.3 Å². The zero-order valence-electron chi connectivity index (χ0n) is 15.6. The Balaban J connectivity index is 1.73. The van der Waals surface area contributed by atoms with Gasteiger partial charge in [-0.25, -0.2) is 4.98 Å². The van der Waals surface area contributed by atoms with E-state index >= 15 is 0 Å². The molecule has 0 atom stereocenters. The summed E-state index contributed by atoms with van der Waals surface area (Å²) in [4.78, 5) is 30.5. The number of benzene rings is 2. The average Bonchev–Trinajstić information content (AvgIpc) is 3.38.